The van der Waals surface area contributed by atoms with Crippen LogP contribution in [0.2, 0.25) is 10.0 Å². The van der Waals surface area contributed by atoms with Gasteiger partial charge in [-0.1, -0.05) is 23.2 Å². The first-order chi connectivity index (χ1) is 12.1. The Bertz CT molecular complexity index is 902. The summed E-state index contributed by atoms with van der Waals surface area (Å²) in [5.41, 5.74) is 1.61. The number of aliphatic hydroxyl groups excluding tert-OH is 1. The predicted octanol–water partition coefficient (Wildman–Crippen LogP) is 3.67. The van der Waals surface area contributed by atoms with E-state index in [-0.39, 0.29) is 12.0 Å². The molecule has 0 atom stereocenters. The van der Waals surface area contributed by atoms with Gasteiger partial charge in [-0.25, -0.2) is 0 Å². The van der Waals surface area contributed by atoms with Gasteiger partial charge in [-0.3, -0.25) is 0 Å². The molecule has 4 rings (SSSR count). The molecule has 0 aliphatic heterocycles. The van der Waals surface area contributed by atoms with E-state index in [1.807, 2.05) is 12.1 Å². The van der Waals surface area contributed by atoms with Crippen LogP contribution in [0.1, 0.15) is 19.3 Å². The van der Waals surface area contributed by atoms with Crippen LogP contribution in [-0.4, -0.2) is 38.1 Å². The van der Waals surface area contributed by atoms with E-state index in [1.165, 1.54) is 0 Å². The Kier molecular flexibility index (Phi) is 4.27. The predicted molar refractivity (Wildman–Crippen MR) is 98.1 cm³/mol. The Morgan fingerprint density at radius 2 is 1.88 bits per heavy atom. The Hall–Kier alpha value is -1.89. The van der Waals surface area contributed by atoms with Crippen LogP contribution in [0.25, 0.3) is 17.0 Å². The van der Waals surface area contributed by atoms with Gasteiger partial charge >= 0.3 is 0 Å². The molecule has 1 aliphatic carbocycles. The zero-order valence-electron chi connectivity index (χ0n) is 13.4. The van der Waals surface area contributed by atoms with Crippen LogP contribution in [0.3, 0.4) is 0 Å². The Morgan fingerprint density at radius 3 is 2.56 bits per heavy atom. The van der Waals surface area contributed by atoms with Gasteiger partial charge < -0.3 is 10.4 Å². The molecular weight excluding hydrogens is 361 g/mol. The second-order valence-electron chi connectivity index (χ2n) is 6.50. The van der Waals surface area contributed by atoms with Crippen molar-refractivity contribution in [1.82, 2.24) is 19.8 Å². The van der Waals surface area contributed by atoms with Crippen molar-refractivity contribution in [3.8, 4) is 11.4 Å². The zero-order chi connectivity index (χ0) is 17.4. The van der Waals surface area contributed by atoms with Crippen molar-refractivity contribution in [1.29, 1.82) is 0 Å². The van der Waals surface area contributed by atoms with Crippen molar-refractivity contribution >= 4 is 34.7 Å². The molecule has 2 heterocycles. The van der Waals surface area contributed by atoms with Crippen LogP contribution in [0.15, 0.2) is 30.3 Å². The normalized spacial score (nSPS) is 15.5. The highest BCUT2D eigenvalue weighted by Crippen LogP contribution is 2.48. The molecule has 2 N–H and O–H groups in total. The molecule has 2 aromatic heterocycles. The molecule has 0 bridgehead atoms. The monoisotopic (exact) mass is 377 g/mol. The highest BCUT2D eigenvalue weighted by atomic mass is 35.5. The molecule has 130 valence electrons. The first-order valence-electron chi connectivity index (χ1n) is 8.12. The first-order valence-corrected chi connectivity index (χ1v) is 8.88. The van der Waals surface area contributed by atoms with Crippen molar-refractivity contribution in [3.05, 3.63) is 40.4 Å². The van der Waals surface area contributed by atoms with E-state index in [0.29, 0.717) is 21.5 Å². The molecule has 1 aliphatic rings. The lowest BCUT2D eigenvalue weighted by Gasteiger charge is -2.14. The summed E-state index contributed by atoms with van der Waals surface area (Å²) in [5.74, 6) is 1.32. The van der Waals surface area contributed by atoms with Gasteiger partial charge in [0.1, 0.15) is 5.82 Å². The third-order valence-electron chi connectivity index (χ3n) is 4.63. The maximum Gasteiger partial charge on any atom is 0.185 e. The van der Waals surface area contributed by atoms with Crippen molar-refractivity contribution in [3.63, 3.8) is 0 Å². The fourth-order valence-corrected chi connectivity index (χ4v) is 3.48. The van der Waals surface area contributed by atoms with Crippen LogP contribution in [0.5, 0.6) is 0 Å². The summed E-state index contributed by atoms with van der Waals surface area (Å²) in [5, 5.41) is 26.6. The van der Waals surface area contributed by atoms with Crippen molar-refractivity contribution in [2.24, 2.45) is 5.41 Å². The van der Waals surface area contributed by atoms with Crippen LogP contribution < -0.4 is 5.32 Å². The molecule has 3 aromatic rings. The number of aliphatic hydroxyl groups is 1. The van der Waals surface area contributed by atoms with E-state index in [2.05, 4.69) is 20.6 Å². The van der Waals surface area contributed by atoms with E-state index in [9.17, 15) is 5.11 Å². The number of anilines is 1. The van der Waals surface area contributed by atoms with E-state index in [1.54, 1.807) is 22.7 Å². The highest BCUT2D eigenvalue weighted by Gasteiger charge is 2.41. The fourth-order valence-electron chi connectivity index (χ4n) is 2.95. The standard InChI is InChI=1S/C17H17Cl2N5O/c18-12-7-11(8-13(19)9-12)16-22-21-15-2-1-14(23-24(15)16)20-10-17(3-4-17)5-6-25/h1-2,7-9,25H,3-6,10H2,(H,20,23). The van der Waals surface area contributed by atoms with Crippen molar-refractivity contribution < 1.29 is 5.11 Å². The number of benzene rings is 1. The smallest absolute Gasteiger partial charge is 0.185 e. The van der Waals surface area contributed by atoms with Gasteiger partial charge in [0.2, 0.25) is 0 Å². The number of hydrogen-bond acceptors (Lipinski definition) is 5. The summed E-state index contributed by atoms with van der Waals surface area (Å²) in [4.78, 5) is 0. The van der Waals surface area contributed by atoms with Gasteiger partial charge in [-0.05, 0) is 55.0 Å². The number of aromatic nitrogens is 4. The van der Waals surface area contributed by atoms with Crippen LogP contribution >= 0.6 is 23.2 Å². The minimum absolute atomic E-state index is 0.210. The van der Waals surface area contributed by atoms with Gasteiger partial charge in [0, 0.05) is 28.8 Å². The first kappa shape index (κ1) is 16.6. The number of nitrogens with one attached hydrogen (secondary N) is 1. The molecule has 6 nitrogen and oxygen atoms in total. The molecule has 1 aromatic carbocycles. The Morgan fingerprint density at radius 1 is 1.12 bits per heavy atom. The summed E-state index contributed by atoms with van der Waals surface area (Å²) < 4.78 is 1.68. The molecule has 0 unspecified atom stereocenters. The molecule has 0 spiro atoms. The summed E-state index contributed by atoms with van der Waals surface area (Å²) in [6.45, 7) is 1.02. The summed E-state index contributed by atoms with van der Waals surface area (Å²) >= 11 is 12.2. The largest absolute Gasteiger partial charge is 0.396 e. The number of fused-ring (bicyclic) bond motifs is 1. The lowest BCUT2D eigenvalue weighted by molar-refractivity contribution is 0.253. The quantitative estimate of drug-likeness (QED) is 0.685. The maximum absolute atomic E-state index is 9.17. The van der Waals surface area contributed by atoms with Crippen LogP contribution in [0, 0.1) is 5.41 Å². The van der Waals surface area contributed by atoms with Crippen LogP contribution in [-0.2, 0) is 0 Å². The number of halogens is 2. The van der Waals surface area contributed by atoms with E-state index in [0.717, 1.165) is 37.2 Å². The minimum atomic E-state index is 0.210. The molecule has 8 heteroatoms. The third-order valence-corrected chi connectivity index (χ3v) is 5.06. The molecule has 1 fully saturated rings. The molecule has 1 saturated carbocycles. The summed E-state index contributed by atoms with van der Waals surface area (Å²) in [6, 6.07) is 8.99. The average molecular weight is 378 g/mol. The molecular formula is C17H17Cl2N5O. The third kappa shape index (κ3) is 3.42. The lowest BCUT2D eigenvalue weighted by Crippen LogP contribution is -2.18. The van der Waals surface area contributed by atoms with E-state index in [4.69, 9.17) is 23.2 Å². The zero-order valence-corrected chi connectivity index (χ0v) is 14.9. The Labute approximate surface area is 154 Å². The van der Waals surface area contributed by atoms with Gasteiger partial charge in [0.05, 0.1) is 0 Å². The number of nitrogens with zero attached hydrogens (tertiary/aromatic N) is 4. The average Bonchev–Trinajstić information content (AvgIpc) is 3.21. The second-order valence-corrected chi connectivity index (χ2v) is 7.37. The van der Waals surface area contributed by atoms with Gasteiger partial charge in [0.15, 0.2) is 11.5 Å². The topological polar surface area (TPSA) is 75.3 Å². The van der Waals surface area contributed by atoms with E-state index < -0.39 is 0 Å². The van der Waals surface area contributed by atoms with Crippen molar-refractivity contribution in [2.75, 3.05) is 18.5 Å². The van der Waals surface area contributed by atoms with Crippen molar-refractivity contribution in [2.45, 2.75) is 19.3 Å². The summed E-state index contributed by atoms with van der Waals surface area (Å²) in [7, 11) is 0. The van der Waals surface area contributed by atoms with Crippen LogP contribution in [0.4, 0.5) is 5.82 Å². The Balaban J connectivity index is 1.63. The van der Waals surface area contributed by atoms with Gasteiger partial charge in [-0.2, -0.15) is 4.52 Å². The number of rotatable bonds is 6. The molecule has 0 amide bonds. The fraction of sp³-hybridized carbons (Fsp3) is 0.353. The molecule has 25 heavy (non-hydrogen) atoms. The summed E-state index contributed by atoms with van der Waals surface area (Å²) in [6.07, 6.45) is 3.10. The minimum Gasteiger partial charge on any atom is -0.396 e. The lowest BCUT2D eigenvalue weighted by atomic mass is 10.0. The SMILES string of the molecule is OCCC1(CNc2ccc3nnc(-c4cc(Cl)cc(Cl)c4)n3n2)CC1. The highest BCUT2D eigenvalue weighted by molar-refractivity contribution is 6.35. The van der Waals surface area contributed by atoms with Gasteiger partial charge in [-0.15, -0.1) is 15.3 Å². The van der Waals surface area contributed by atoms with Gasteiger partial charge in [0.25, 0.3) is 0 Å². The molecule has 0 saturated heterocycles. The number of hydrogen-bond donors (Lipinski definition) is 2. The van der Waals surface area contributed by atoms with E-state index >= 15 is 0 Å². The molecule has 0 radical (unpaired) electrons. The second kappa shape index (κ2) is 6.44. The maximum atomic E-state index is 9.17.